The van der Waals surface area contributed by atoms with Crippen molar-refractivity contribution in [1.82, 2.24) is 9.88 Å². The first kappa shape index (κ1) is 18.5. The van der Waals surface area contributed by atoms with Gasteiger partial charge in [-0.3, -0.25) is 4.79 Å². The Kier molecular flexibility index (Phi) is 5.12. The standard InChI is InChI=1S/C21H17FN4O3/c22-16-6-3-15(4-7-16)5-8-19-24-17(14-23)21(29-19)26-11-9-25(10-12-26)20(27)18-2-1-13-28-18/h1-8,13H,9-12H2. The van der Waals surface area contributed by atoms with E-state index in [2.05, 4.69) is 4.98 Å². The average molecular weight is 392 g/mol. The first-order valence-electron chi connectivity index (χ1n) is 9.06. The summed E-state index contributed by atoms with van der Waals surface area (Å²) in [5, 5.41) is 9.40. The molecule has 7 nitrogen and oxygen atoms in total. The molecule has 146 valence electrons. The number of benzene rings is 1. The largest absolute Gasteiger partial charge is 0.459 e. The second-order valence-electron chi connectivity index (χ2n) is 6.46. The molecule has 0 atom stereocenters. The maximum absolute atomic E-state index is 13.0. The van der Waals surface area contributed by atoms with Gasteiger partial charge in [-0.1, -0.05) is 12.1 Å². The number of aromatic nitrogens is 1. The number of carbonyl (C=O) groups excluding carboxylic acids is 1. The minimum Gasteiger partial charge on any atom is -0.459 e. The van der Waals surface area contributed by atoms with E-state index in [1.54, 1.807) is 41.3 Å². The van der Waals surface area contributed by atoms with Gasteiger partial charge in [-0.15, -0.1) is 0 Å². The van der Waals surface area contributed by atoms with Crippen molar-refractivity contribution in [2.24, 2.45) is 0 Å². The molecule has 0 spiro atoms. The molecule has 1 aliphatic heterocycles. The Labute approximate surface area is 166 Å². The van der Waals surface area contributed by atoms with Crippen LogP contribution in [0.1, 0.15) is 27.7 Å². The van der Waals surface area contributed by atoms with Crippen molar-refractivity contribution in [3.63, 3.8) is 0 Å². The van der Waals surface area contributed by atoms with Crippen LogP contribution in [0.25, 0.3) is 12.2 Å². The molecule has 0 radical (unpaired) electrons. The lowest BCUT2D eigenvalue weighted by atomic mass is 10.2. The summed E-state index contributed by atoms with van der Waals surface area (Å²) in [5.74, 6) is 0.517. The van der Waals surface area contributed by atoms with E-state index in [0.717, 1.165) is 5.56 Å². The Morgan fingerprint density at radius 2 is 1.90 bits per heavy atom. The molecule has 8 heteroatoms. The summed E-state index contributed by atoms with van der Waals surface area (Å²) in [6.07, 6.45) is 4.84. The molecule has 29 heavy (non-hydrogen) atoms. The van der Waals surface area contributed by atoms with Crippen LogP contribution in [0, 0.1) is 17.1 Å². The van der Waals surface area contributed by atoms with E-state index in [9.17, 15) is 14.4 Å². The van der Waals surface area contributed by atoms with Crippen molar-refractivity contribution < 1.29 is 18.0 Å². The summed E-state index contributed by atoms with van der Waals surface area (Å²) in [5.41, 5.74) is 0.976. The number of carbonyl (C=O) groups is 1. The van der Waals surface area contributed by atoms with E-state index in [4.69, 9.17) is 8.83 Å². The quantitative estimate of drug-likeness (QED) is 0.676. The SMILES string of the molecule is N#Cc1nc(C=Cc2ccc(F)cc2)oc1N1CCN(C(=O)c2ccco2)CC1. The minimum absolute atomic E-state index is 0.157. The minimum atomic E-state index is -0.308. The Morgan fingerprint density at radius 3 is 2.55 bits per heavy atom. The monoisotopic (exact) mass is 392 g/mol. The smallest absolute Gasteiger partial charge is 0.289 e. The van der Waals surface area contributed by atoms with Gasteiger partial charge in [0.15, 0.2) is 5.76 Å². The fraction of sp³-hybridized carbons (Fsp3) is 0.190. The van der Waals surface area contributed by atoms with E-state index >= 15 is 0 Å². The van der Waals surface area contributed by atoms with Gasteiger partial charge < -0.3 is 18.6 Å². The number of nitriles is 1. The van der Waals surface area contributed by atoms with Gasteiger partial charge in [0.05, 0.1) is 6.26 Å². The van der Waals surface area contributed by atoms with Crippen LogP contribution >= 0.6 is 0 Å². The summed E-state index contributed by atoms with van der Waals surface area (Å²) in [4.78, 5) is 20.2. The summed E-state index contributed by atoms with van der Waals surface area (Å²) < 4.78 is 23.9. The molecule has 0 saturated carbocycles. The molecule has 1 fully saturated rings. The van der Waals surface area contributed by atoms with Gasteiger partial charge in [0, 0.05) is 32.3 Å². The molecule has 0 bridgehead atoms. The van der Waals surface area contributed by atoms with E-state index < -0.39 is 0 Å². The maximum Gasteiger partial charge on any atom is 0.289 e. The summed E-state index contributed by atoms with van der Waals surface area (Å²) >= 11 is 0. The lowest BCUT2D eigenvalue weighted by Gasteiger charge is -2.34. The number of hydrogen-bond donors (Lipinski definition) is 0. The normalized spacial score (nSPS) is 14.3. The fourth-order valence-electron chi connectivity index (χ4n) is 3.10. The highest BCUT2D eigenvalue weighted by Crippen LogP contribution is 2.24. The van der Waals surface area contributed by atoms with Gasteiger partial charge in [0.25, 0.3) is 5.91 Å². The molecule has 1 amide bonds. The van der Waals surface area contributed by atoms with Crippen molar-refractivity contribution in [1.29, 1.82) is 5.26 Å². The summed E-state index contributed by atoms with van der Waals surface area (Å²) in [6, 6.07) is 11.4. The van der Waals surface area contributed by atoms with Crippen LogP contribution in [0.5, 0.6) is 0 Å². The van der Waals surface area contributed by atoms with Gasteiger partial charge in [-0.05, 0) is 35.9 Å². The molecular formula is C21H17FN4O3. The Balaban J connectivity index is 1.44. The molecule has 3 heterocycles. The number of piperazine rings is 1. The van der Waals surface area contributed by atoms with Gasteiger partial charge in [0.1, 0.15) is 11.9 Å². The van der Waals surface area contributed by atoms with Gasteiger partial charge >= 0.3 is 0 Å². The third kappa shape index (κ3) is 4.04. The Morgan fingerprint density at radius 1 is 1.14 bits per heavy atom. The molecule has 0 unspecified atom stereocenters. The van der Waals surface area contributed by atoms with E-state index in [-0.39, 0.29) is 23.3 Å². The van der Waals surface area contributed by atoms with Crippen molar-refractivity contribution in [2.45, 2.75) is 0 Å². The highest BCUT2D eigenvalue weighted by Gasteiger charge is 2.27. The number of amides is 1. The number of halogens is 1. The zero-order valence-corrected chi connectivity index (χ0v) is 15.4. The van der Waals surface area contributed by atoms with Gasteiger partial charge in [-0.2, -0.15) is 10.2 Å². The van der Waals surface area contributed by atoms with Gasteiger partial charge in [0.2, 0.25) is 17.5 Å². The number of hydrogen-bond acceptors (Lipinski definition) is 6. The second-order valence-corrected chi connectivity index (χ2v) is 6.46. The van der Waals surface area contributed by atoms with Crippen LogP contribution in [0.4, 0.5) is 10.3 Å². The van der Waals surface area contributed by atoms with Crippen molar-refractivity contribution >= 4 is 23.9 Å². The number of anilines is 1. The Hall–Kier alpha value is -3.86. The summed E-state index contributed by atoms with van der Waals surface area (Å²) in [6.45, 7) is 1.98. The number of nitrogens with zero attached hydrogens (tertiary/aromatic N) is 4. The van der Waals surface area contributed by atoms with E-state index in [1.165, 1.54) is 18.4 Å². The first-order chi connectivity index (χ1) is 14.1. The predicted octanol–water partition coefficient (Wildman–Crippen LogP) is 3.41. The first-order valence-corrected chi connectivity index (χ1v) is 9.06. The molecule has 1 saturated heterocycles. The zero-order valence-electron chi connectivity index (χ0n) is 15.4. The Bertz CT molecular complexity index is 1060. The average Bonchev–Trinajstić information content (AvgIpc) is 3.43. The molecule has 2 aromatic heterocycles. The van der Waals surface area contributed by atoms with E-state index in [0.29, 0.717) is 37.8 Å². The topological polar surface area (TPSA) is 86.5 Å². The number of furan rings is 1. The lowest BCUT2D eigenvalue weighted by Crippen LogP contribution is -2.48. The molecule has 0 aliphatic carbocycles. The third-order valence-electron chi connectivity index (χ3n) is 4.61. The zero-order chi connectivity index (χ0) is 20.2. The third-order valence-corrected chi connectivity index (χ3v) is 4.61. The predicted molar refractivity (Wildman–Crippen MR) is 103 cm³/mol. The van der Waals surface area contributed by atoms with Crippen molar-refractivity contribution in [3.05, 3.63) is 71.4 Å². The number of oxazole rings is 1. The van der Waals surface area contributed by atoms with Crippen LogP contribution in [0.15, 0.2) is 51.5 Å². The lowest BCUT2D eigenvalue weighted by molar-refractivity contribution is 0.0713. The van der Waals surface area contributed by atoms with Crippen molar-refractivity contribution in [3.8, 4) is 6.07 Å². The fourth-order valence-corrected chi connectivity index (χ4v) is 3.10. The molecule has 4 rings (SSSR count). The van der Waals surface area contributed by atoms with Crippen LogP contribution in [0.3, 0.4) is 0 Å². The maximum atomic E-state index is 13.0. The molecule has 0 N–H and O–H groups in total. The highest BCUT2D eigenvalue weighted by molar-refractivity contribution is 5.91. The van der Waals surface area contributed by atoms with Crippen LogP contribution < -0.4 is 4.90 Å². The second kappa shape index (κ2) is 8.02. The molecule has 1 aromatic carbocycles. The highest BCUT2D eigenvalue weighted by atomic mass is 19.1. The van der Waals surface area contributed by atoms with Crippen LogP contribution in [0.2, 0.25) is 0 Å². The molecular weight excluding hydrogens is 375 g/mol. The summed E-state index contributed by atoms with van der Waals surface area (Å²) in [7, 11) is 0. The van der Waals surface area contributed by atoms with Crippen molar-refractivity contribution in [2.75, 3.05) is 31.1 Å². The van der Waals surface area contributed by atoms with E-state index in [1.807, 2.05) is 11.0 Å². The molecule has 3 aromatic rings. The van der Waals surface area contributed by atoms with Crippen LogP contribution in [-0.4, -0.2) is 42.0 Å². The van der Waals surface area contributed by atoms with Crippen LogP contribution in [-0.2, 0) is 0 Å². The number of rotatable bonds is 4. The molecule has 1 aliphatic rings. The van der Waals surface area contributed by atoms with Gasteiger partial charge in [-0.25, -0.2) is 4.39 Å².